The lowest BCUT2D eigenvalue weighted by atomic mass is 9.99. The van der Waals surface area contributed by atoms with E-state index in [1.807, 2.05) is 19.1 Å². The average molecular weight is 355 g/mol. The van der Waals surface area contributed by atoms with Gasteiger partial charge in [-0.25, -0.2) is 4.79 Å². The normalized spacial score (nSPS) is 15.9. The van der Waals surface area contributed by atoms with Crippen molar-refractivity contribution in [1.82, 2.24) is 0 Å². The molecule has 1 N–H and O–H groups in total. The zero-order chi connectivity index (χ0) is 18.0. The van der Waals surface area contributed by atoms with Gasteiger partial charge < -0.3 is 10.1 Å². The molecule has 1 aliphatic heterocycles. The molecule has 1 atom stereocenters. The molecule has 0 bridgehead atoms. The maximum atomic E-state index is 12.2. The van der Waals surface area contributed by atoms with Crippen LogP contribution < -0.4 is 5.32 Å². The summed E-state index contributed by atoms with van der Waals surface area (Å²) in [6, 6.07) is 8.88. The molecule has 1 amide bonds. The van der Waals surface area contributed by atoms with Crippen LogP contribution in [-0.4, -0.2) is 24.3 Å². The Balaban J connectivity index is 1.59. The van der Waals surface area contributed by atoms with Crippen molar-refractivity contribution in [3.8, 4) is 0 Å². The second kappa shape index (κ2) is 7.03. The van der Waals surface area contributed by atoms with Gasteiger partial charge in [-0.05, 0) is 55.8 Å². The van der Waals surface area contributed by atoms with Gasteiger partial charge in [0.2, 0.25) is 5.91 Å². The largest absolute Gasteiger partial charge is 0.454 e. The highest BCUT2D eigenvalue weighted by molar-refractivity contribution is 7.12. The summed E-state index contributed by atoms with van der Waals surface area (Å²) in [5.74, 6) is -1.24. The fourth-order valence-electron chi connectivity index (χ4n) is 2.55. The van der Waals surface area contributed by atoms with E-state index < -0.39 is 5.97 Å². The minimum atomic E-state index is -0.564. The van der Waals surface area contributed by atoms with E-state index in [1.165, 1.54) is 6.08 Å². The van der Waals surface area contributed by atoms with Gasteiger partial charge >= 0.3 is 5.97 Å². The van der Waals surface area contributed by atoms with Crippen LogP contribution in [0.25, 0.3) is 6.08 Å². The molecule has 2 aromatic rings. The first-order chi connectivity index (χ1) is 11.9. The molecule has 1 aliphatic rings. The molecule has 6 heteroatoms. The number of carbonyl (C=O) groups excluding carboxylic acids is 3. The van der Waals surface area contributed by atoms with E-state index in [2.05, 4.69) is 5.32 Å². The Morgan fingerprint density at radius 3 is 2.80 bits per heavy atom. The van der Waals surface area contributed by atoms with E-state index in [0.717, 1.165) is 21.0 Å². The average Bonchev–Trinajstić information content (AvgIpc) is 3.14. The number of fused-ring (bicyclic) bond motifs is 1. The summed E-state index contributed by atoms with van der Waals surface area (Å²) >= 11 is 1.57. The number of benzene rings is 1. The van der Waals surface area contributed by atoms with E-state index in [0.29, 0.717) is 5.56 Å². The van der Waals surface area contributed by atoms with Gasteiger partial charge in [0.1, 0.15) is 0 Å². The summed E-state index contributed by atoms with van der Waals surface area (Å²) in [6.07, 6.45) is 2.98. The van der Waals surface area contributed by atoms with Crippen molar-refractivity contribution in [2.24, 2.45) is 0 Å². The van der Waals surface area contributed by atoms with Gasteiger partial charge in [0, 0.05) is 27.1 Å². The molecule has 0 unspecified atom stereocenters. The lowest BCUT2D eigenvalue weighted by molar-refractivity contribution is -0.136. The topological polar surface area (TPSA) is 72.5 Å². The summed E-state index contributed by atoms with van der Waals surface area (Å²) < 4.78 is 5.00. The first-order valence-electron chi connectivity index (χ1n) is 7.83. The predicted molar refractivity (Wildman–Crippen MR) is 96.9 cm³/mol. The zero-order valence-electron chi connectivity index (χ0n) is 13.9. The Labute approximate surface area is 149 Å². The molecule has 0 saturated carbocycles. The molecule has 5 nitrogen and oxygen atoms in total. The molecule has 0 fully saturated rings. The number of thiophene rings is 1. The van der Waals surface area contributed by atoms with Gasteiger partial charge in [-0.2, -0.15) is 0 Å². The summed E-state index contributed by atoms with van der Waals surface area (Å²) in [4.78, 5) is 37.7. The molecule has 0 spiro atoms. The molecule has 128 valence electrons. The van der Waals surface area contributed by atoms with Crippen LogP contribution in [-0.2, 0) is 14.3 Å². The van der Waals surface area contributed by atoms with Crippen molar-refractivity contribution in [2.75, 3.05) is 11.9 Å². The number of ketones is 1. The van der Waals surface area contributed by atoms with Crippen LogP contribution in [0.5, 0.6) is 0 Å². The van der Waals surface area contributed by atoms with Gasteiger partial charge in [0.05, 0.1) is 5.92 Å². The first kappa shape index (κ1) is 17.1. The number of nitrogens with one attached hydrogen (secondary N) is 1. The number of esters is 1. The van der Waals surface area contributed by atoms with Crippen molar-refractivity contribution >= 4 is 40.8 Å². The summed E-state index contributed by atoms with van der Waals surface area (Å²) in [7, 11) is 0. The fourth-order valence-corrected chi connectivity index (χ4v) is 3.33. The molecule has 0 saturated heterocycles. The lowest BCUT2D eigenvalue weighted by Gasteiger charge is -2.05. The zero-order valence-corrected chi connectivity index (χ0v) is 14.7. The molecular weight excluding hydrogens is 338 g/mol. The first-order valence-corrected chi connectivity index (χ1v) is 8.65. The second-order valence-corrected chi connectivity index (χ2v) is 7.15. The van der Waals surface area contributed by atoms with Crippen molar-refractivity contribution in [2.45, 2.75) is 19.8 Å². The van der Waals surface area contributed by atoms with Gasteiger partial charge in [0.25, 0.3) is 0 Å². The van der Waals surface area contributed by atoms with Crippen molar-refractivity contribution < 1.29 is 19.1 Å². The molecule has 2 heterocycles. The minimum absolute atomic E-state index is 0.0834. The Morgan fingerprint density at radius 2 is 2.08 bits per heavy atom. The highest BCUT2D eigenvalue weighted by Crippen LogP contribution is 2.32. The SMILES string of the molecule is Cc1ccc(/C=C/C(=O)OCC(=O)c2ccc3c(c2)[C@@H](C)C(=O)N3)s1. The van der Waals surface area contributed by atoms with Gasteiger partial charge in [-0.3, -0.25) is 9.59 Å². The summed E-state index contributed by atoms with van der Waals surface area (Å²) in [5.41, 5.74) is 1.93. The number of Topliss-reactive ketones (excluding diaryl/α,β-unsaturated/α-hetero) is 1. The maximum absolute atomic E-state index is 12.2. The molecule has 3 rings (SSSR count). The number of carbonyl (C=O) groups is 3. The fraction of sp³-hybridized carbons (Fsp3) is 0.211. The van der Waals surface area contributed by atoms with Crippen LogP contribution in [0.1, 0.15) is 38.5 Å². The Hall–Kier alpha value is -2.73. The third-order valence-electron chi connectivity index (χ3n) is 3.98. The van der Waals surface area contributed by atoms with E-state index in [4.69, 9.17) is 4.74 Å². The van der Waals surface area contributed by atoms with Crippen LogP contribution in [0.3, 0.4) is 0 Å². The highest BCUT2D eigenvalue weighted by Gasteiger charge is 2.27. The van der Waals surface area contributed by atoms with Gasteiger partial charge in [-0.15, -0.1) is 11.3 Å². The standard InChI is InChI=1S/C19H17NO4S/c1-11-3-5-14(25-11)6-8-18(22)24-10-17(21)13-4-7-16-15(9-13)12(2)19(23)20-16/h3-9,12H,10H2,1-2H3,(H,20,23)/b8-6+/t12-/m1/s1. The quantitative estimate of drug-likeness (QED) is 0.506. The third kappa shape index (κ3) is 3.85. The number of amides is 1. The number of anilines is 1. The molecular formula is C19H17NO4S. The smallest absolute Gasteiger partial charge is 0.331 e. The second-order valence-electron chi connectivity index (χ2n) is 5.83. The van der Waals surface area contributed by atoms with Crippen LogP contribution in [0.4, 0.5) is 5.69 Å². The van der Waals surface area contributed by atoms with E-state index >= 15 is 0 Å². The molecule has 0 aliphatic carbocycles. The molecule has 1 aromatic carbocycles. The number of hydrogen-bond donors (Lipinski definition) is 1. The monoisotopic (exact) mass is 355 g/mol. The van der Waals surface area contributed by atoms with Crippen molar-refractivity contribution in [3.05, 3.63) is 57.3 Å². The number of rotatable bonds is 5. The van der Waals surface area contributed by atoms with Gasteiger partial charge in [0.15, 0.2) is 12.4 Å². The van der Waals surface area contributed by atoms with Crippen molar-refractivity contribution in [3.63, 3.8) is 0 Å². The van der Waals surface area contributed by atoms with Crippen LogP contribution >= 0.6 is 11.3 Å². The van der Waals surface area contributed by atoms with Crippen LogP contribution in [0.2, 0.25) is 0 Å². The maximum Gasteiger partial charge on any atom is 0.331 e. The number of aryl methyl sites for hydroxylation is 1. The summed E-state index contributed by atoms with van der Waals surface area (Å²) in [6.45, 7) is 3.44. The van der Waals surface area contributed by atoms with E-state index in [-0.39, 0.29) is 24.2 Å². The van der Waals surface area contributed by atoms with Crippen LogP contribution in [0, 0.1) is 6.92 Å². The van der Waals surface area contributed by atoms with E-state index in [1.54, 1.807) is 42.5 Å². The van der Waals surface area contributed by atoms with Gasteiger partial charge in [-0.1, -0.05) is 0 Å². The number of ether oxygens (including phenoxy) is 1. The Bertz CT molecular complexity index is 881. The third-order valence-corrected chi connectivity index (χ3v) is 4.95. The lowest BCUT2D eigenvalue weighted by Crippen LogP contribution is -2.12. The number of hydrogen-bond acceptors (Lipinski definition) is 5. The van der Waals surface area contributed by atoms with Crippen molar-refractivity contribution in [1.29, 1.82) is 0 Å². The summed E-state index contributed by atoms with van der Waals surface area (Å²) in [5, 5.41) is 2.75. The minimum Gasteiger partial charge on any atom is -0.454 e. The molecule has 0 radical (unpaired) electrons. The Kier molecular flexibility index (Phi) is 4.81. The van der Waals surface area contributed by atoms with Crippen LogP contribution in [0.15, 0.2) is 36.4 Å². The van der Waals surface area contributed by atoms with E-state index in [9.17, 15) is 14.4 Å². The molecule has 25 heavy (non-hydrogen) atoms. The Morgan fingerprint density at radius 1 is 1.28 bits per heavy atom. The molecule has 1 aromatic heterocycles. The predicted octanol–water partition coefficient (Wildman–Crippen LogP) is 3.55. The highest BCUT2D eigenvalue weighted by atomic mass is 32.1.